The van der Waals surface area contributed by atoms with Crippen molar-refractivity contribution in [3.05, 3.63) is 23.2 Å². The van der Waals surface area contributed by atoms with Crippen molar-refractivity contribution in [2.45, 2.75) is 26.8 Å². The standard InChI is InChI=1S/C11H15N3OS/c1-6(2)10(12)11-13-5-9(16-11)8-4-14-15-7(8)3/h4-6,10H,12H2,1-3H3. The predicted octanol–water partition coefficient (Wildman–Crippen LogP) is 2.76. The van der Waals surface area contributed by atoms with Crippen LogP contribution in [0.4, 0.5) is 0 Å². The molecular weight excluding hydrogens is 222 g/mol. The molecule has 0 saturated heterocycles. The maximum Gasteiger partial charge on any atom is 0.142 e. The molecule has 0 aliphatic rings. The molecule has 0 radical (unpaired) electrons. The predicted molar refractivity (Wildman–Crippen MR) is 64.1 cm³/mol. The molecule has 0 spiro atoms. The Hall–Kier alpha value is -1.20. The number of thiazole rings is 1. The lowest BCUT2D eigenvalue weighted by Crippen LogP contribution is -2.16. The van der Waals surface area contributed by atoms with E-state index in [1.54, 1.807) is 17.5 Å². The number of hydrogen-bond acceptors (Lipinski definition) is 5. The molecule has 2 rings (SSSR count). The fraction of sp³-hybridized carbons (Fsp3) is 0.455. The minimum absolute atomic E-state index is 0.00100. The average molecular weight is 237 g/mol. The molecule has 1 atom stereocenters. The lowest BCUT2D eigenvalue weighted by Gasteiger charge is -2.11. The van der Waals surface area contributed by atoms with Crippen LogP contribution >= 0.6 is 11.3 Å². The van der Waals surface area contributed by atoms with E-state index in [-0.39, 0.29) is 6.04 Å². The molecule has 2 aromatic heterocycles. The number of aryl methyl sites for hydroxylation is 1. The van der Waals surface area contributed by atoms with Gasteiger partial charge in [-0.25, -0.2) is 4.98 Å². The van der Waals surface area contributed by atoms with Crippen LogP contribution in [0.2, 0.25) is 0 Å². The number of rotatable bonds is 3. The van der Waals surface area contributed by atoms with Crippen LogP contribution in [0.1, 0.15) is 30.7 Å². The number of nitrogens with zero attached hydrogens (tertiary/aromatic N) is 2. The molecular formula is C11H15N3OS. The van der Waals surface area contributed by atoms with Crippen LogP contribution in [0.5, 0.6) is 0 Å². The lowest BCUT2D eigenvalue weighted by atomic mass is 10.1. The largest absolute Gasteiger partial charge is 0.361 e. The molecule has 5 heteroatoms. The van der Waals surface area contributed by atoms with Gasteiger partial charge in [0.1, 0.15) is 10.8 Å². The first-order valence-corrected chi connectivity index (χ1v) is 6.04. The van der Waals surface area contributed by atoms with Crippen LogP contribution in [0.3, 0.4) is 0 Å². The highest BCUT2D eigenvalue weighted by molar-refractivity contribution is 7.15. The molecule has 4 nitrogen and oxygen atoms in total. The van der Waals surface area contributed by atoms with Gasteiger partial charge in [-0.1, -0.05) is 19.0 Å². The second-order valence-corrected chi connectivity index (χ2v) is 5.19. The Morgan fingerprint density at radius 3 is 2.69 bits per heavy atom. The van der Waals surface area contributed by atoms with E-state index in [0.717, 1.165) is 21.2 Å². The summed E-state index contributed by atoms with van der Waals surface area (Å²) < 4.78 is 5.03. The molecule has 2 heterocycles. The molecule has 16 heavy (non-hydrogen) atoms. The molecule has 0 fully saturated rings. The van der Waals surface area contributed by atoms with Crippen LogP contribution in [-0.4, -0.2) is 10.1 Å². The summed E-state index contributed by atoms with van der Waals surface area (Å²) in [6, 6.07) is -0.00100. The summed E-state index contributed by atoms with van der Waals surface area (Å²) in [5.41, 5.74) is 7.05. The third-order valence-electron chi connectivity index (χ3n) is 2.54. The SMILES string of the molecule is Cc1oncc1-c1cnc(C(N)C(C)C)s1. The molecule has 0 bridgehead atoms. The summed E-state index contributed by atoms with van der Waals surface area (Å²) in [6.45, 7) is 6.08. The van der Waals surface area contributed by atoms with Crippen molar-refractivity contribution in [1.29, 1.82) is 0 Å². The van der Waals surface area contributed by atoms with Crippen molar-refractivity contribution in [3.63, 3.8) is 0 Å². The van der Waals surface area contributed by atoms with Crippen molar-refractivity contribution < 1.29 is 4.52 Å². The third kappa shape index (κ3) is 2.01. The van der Waals surface area contributed by atoms with Gasteiger partial charge in [-0.05, 0) is 12.8 Å². The molecule has 0 aliphatic heterocycles. The first kappa shape index (κ1) is 11.3. The maximum atomic E-state index is 6.05. The van der Waals surface area contributed by atoms with E-state index in [0.29, 0.717) is 5.92 Å². The van der Waals surface area contributed by atoms with Gasteiger partial charge < -0.3 is 10.3 Å². The second kappa shape index (κ2) is 4.35. The molecule has 0 aliphatic carbocycles. The average Bonchev–Trinajstić information content (AvgIpc) is 2.84. The van der Waals surface area contributed by atoms with Gasteiger partial charge in [0.05, 0.1) is 22.7 Å². The Morgan fingerprint density at radius 2 is 2.12 bits per heavy atom. The summed E-state index contributed by atoms with van der Waals surface area (Å²) in [5, 5.41) is 4.72. The Morgan fingerprint density at radius 1 is 1.38 bits per heavy atom. The highest BCUT2D eigenvalue weighted by Gasteiger charge is 2.16. The number of aromatic nitrogens is 2. The lowest BCUT2D eigenvalue weighted by molar-refractivity contribution is 0.398. The first-order chi connectivity index (χ1) is 7.59. The topological polar surface area (TPSA) is 64.9 Å². The zero-order valence-corrected chi connectivity index (χ0v) is 10.4. The van der Waals surface area contributed by atoms with Crippen LogP contribution in [0.25, 0.3) is 10.4 Å². The van der Waals surface area contributed by atoms with Gasteiger partial charge in [0.2, 0.25) is 0 Å². The molecule has 86 valence electrons. The van der Waals surface area contributed by atoms with Crippen molar-refractivity contribution in [2.24, 2.45) is 11.7 Å². The van der Waals surface area contributed by atoms with Crippen molar-refractivity contribution in [3.8, 4) is 10.4 Å². The maximum absolute atomic E-state index is 6.05. The number of nitrogens with two attached hydrogens (primary N) is 1. The summed E-state index contributed by atoms with van der Waals surface area (Å²) in [5.74, 6) is 1.20. The van der Waals surface area contributed by atoms with Gasteiger partial charge in [0.15, 0.2) is 0 Å². The monoisotopic (exact) mass is 237 g/mol. The normalized spacial score (nSPS) is 13.3. The van der Waals surface area contributed by atoms with E-state index in [4.69, 9.17) is 10.3 Å². The molecule has 0 aromatic carbocycles. The first-order valence-electron chi connectivity index (χ1n) is 5.22. The van der Waals surface area contributed by atoms with E-state index in [1.807, 2.05) is 13.1 Å². The molecule has 1 unspecified atom stereocenters. The molecule has 0 amide bonds. The zero-order valence-electron chi connectivity index (χ0n) is 9.60. The van der Waals surface area contributed by atoms with Crippen molar-refractivity contribution in [1.82, 2.24) is 10.1 Å². The fourth-order valence-corrected chi connectivity index (χ4v) is 2.54. The Balaban J connectivity index is 2.30. The minimum Gasteiger partial charge on any atom is -0.361 e. The van der Waals surface area contributed by atoms with Gasteiger partial charge in [0.25, 0.3) is 0 Å². The Kier molecular flexibility index (Phi) is 3.07. The van der Waals surface area contributed by atoms with E-state index < -0.39 is 0 Å². The van der Waals surface area contributed by atoms with Crippen LogP contribution in [-0.2, 0) is 0 Å². The minimum atomic E-state index is -0.00100. The van der Waals surface area contributed by atoms with Crippen LogP contribution < -0.4 is 5.73 Å². The highest BCUT2D eigenvalue weighted by atomic mass is 32.1. The third-order valence-corrected chi connectivity index (χ3v) is 3.68. The van der Waals surface area contributed by atoms with E-state index in [9.17, 15) is 0 Å². The summed E-state index contributed by atoms with van der Waals surface area (Å²) in [4.78, 5) is 5.42. The van der Waals surface area contributed by atoms with Gasteiger partial charge in [-0.2, -0.15) is 0 Å². The Labute approximate surface area is 98.5 Å². The van der Waals surface area contributed by atoms with Crippen LogP contribution in [0.15, 0.2) is 16.9 Å². The van der Waals surface area contributed by atoms with E-state index >= 15 is 0 Å². The molecule has 2 N–H and O–H groups in total. The molecule has 0 saturated carbocycles. The van der Waals surface area contributed by atoms with Gasteiger partial charge in [0, 0.05) is 6.20 Å². The summed E-state index contributed by atoms with van der Waals surface area (Å²) in [7, 11) is 0. The second-order valence-electron chi connectivity index (χ2n) is 4.13. The fourth-order valence-electron chi connectivity index (χ4n) is 1.39. The Bertz CT molecular complexity index is 475. The number of hydrogen-bond donors (Lipinski definition) is 1. The van der Waals surface area contributed by atoms with Gasteiger partial charge in [-0.3, -0.25) is 0 Å². The van der Waals surface area contributed by atoms with Gasteiger partial charge in [-0.15, -0.1) is 11.3 Å². The quantitative estimate of drug-likeness (QED) is 0.891. The molecule has 2 aromatic rings. The van der Waals surface area contributed by atoms with Gasteiger partial charge >= 0.3 is 0 Å². The van der Waals surface area contributed by atoms with Crippen LogP contribution in [0, 0.1) is 12.8 Å². The van der Waals surface area contributed by atoms with Crippen molar-refractivity contribution >= 4 is 11.3 Å². The smallest absolute Gasteiger partial charge is 0.142 e. The van der Waals surface area contributed by atoms with E-state index in [2.05, 4.69) is 24.0 Å². The summed E-state index contributed by atoms with van der Waals surface area (Å²) >= 11 is 1.61. The summed E-state index contributed by atoms with van der Waals surface area (Å²) in [6.07, 6.45) is 3.55. The zero-order chi connectivity index (χ0) is 11.7. The highest BCUT2D eigenvalue weighted by Crippen LogP contribution is 2.32. The van der Waals surface area contributed by atoms with E-state index in [1.165, 1.54) is 0 Å². The van der Waals surface area contributed by atoms with Crippen molar-refractivity contribution in [2.75, 3.05) is 0 Å².